The Labute approximate surface area is 137 Å². The standard InChI is InChI=1S/C18H27BrN2/c1-15(12-16-4-6-17(19)7-5-16)21-11-3-9-18(14-21)8-2-10-20-13-18/h4-7,15,20H,2-3,8-14H2,1H3. The van der Waals surface area contributed by atoms with Crippen LogP contribution in [0.1, 0.15) is 38.2 Å². The quantitative estimate of drug-likeness (QED) is 0.890. The van der Waals surface area contributed by atoms with Crippen LogP contribution < -0.4 is 5.32 Å². The number of nitrogens with one attached hydrogen (secondary N) is 1. The van der Waals surface area contributed by atoms with Crippen LogP contribution >= 0.6 is 15.9 Å². The third kappa shape index (κ3) is 3.88. The molecule has 1 spiro atoms. The van der Waals surface area contributed by atoms with Crippen LogP contribution in [0.15, 0.2) is 28.7 Å². The lowest BCUT2D eigenvalue weighted by atomic mass is 9.74. The van der Waals surface area contributed by atoms with Crippen molar-refractivity contribution in [3.63, 3.8) is 0 Å². The summed E-state index contributed by atoms with van der Waals surface area (Å²) in [4.78, 5) is 2.73. The molecule has 1 aromatic carbocycles. The summed E-state index contributed by atoms with van der Waals surface area (Å²) in [5.41, 5.74) is 2.01. The van der Waals surface area contributed by atoms with Gasteiger partial charge in [0.05, 0.1) is 0 Å². The molecule has 2 unspecified atom stereocenters. The molecule has 116 valence electrons. The van der Waals surface area contributed by atoms with Crippen molar-refractivity contribution < 1.29 is 0 Å². The molecule has 0 aliphatic carbocycles. The van der Waals surface area contributed by atoms with E-state index < -0.39 is 0 Å². The fourth-order valence-electron chi connectivity index (χ4n) is 4.09. The van der Waals surface area contributed by atoms with Crippen LogP contribution in [0.2, 0.25) is 0 Å². The Morgan fingerprint density at radius 2 is 2.00 bits per heavy atom. The molecule has 0 saturated carbocycles. The van der Waals surface area contributed by atoms with Crippen molar-refractivity contribution in [1.82, 2.24) is 10.2 Å². The zero-order valence-electron chi connectivity index (χ0n) is 13.1. The number of hydrogen-bond donors (Lipinski definition) is 1. The summed E-state index contributed by atoms with van der Waals surface area (Å²) < 4.78 is 1.17. The molecule has 3 rings (SSSR count). The van der Waals surface area contributed by atoms with Crippen molar-refractivity contribution in [2.75, 3.05) is 26.2 Å². The molecule has 2 fully saturated rings. The van der Waals surface area contributed by atoms with Gasteiger partial charge in [0.15, 0.2) is 0 Å². The number of likely N-dealkylation sites (tertiary alicyclic amines) is 1. The summed E-state index contributed by atoms with van der Waals surface area (Å²) in [6.45, 7) is 7.42. The maximum atomic E-state index is 3.63. The Balaban J connectivity index is 1.61. The van der Waals surface area contributed by atoms with E-state index in [1.165, 1.54) is 61.9 Å². The van der Waals surface area contributed by atoms with E-state index in [2.05, 4.69) is 57.3 Å². The Hall–Kier alpha value is -0.380. The molecule has 0 aromatic heterocycles. The van der Waals surface area contributed by atoms with Gasteiger partial charge in [0.1, 0.15) is 0 Å². The van der Waals surface area contributed by atoms with Gasteiger partial charge in [-0.15, -0.1) is 0 Å². The number of rotatable bonds is 3. The zero-order chi connectivity index (χ0) is 14.7. The molecule has 1 aromatic rings. The lowest BCUT2D eigenvalue weighted by Crippen LogP contribution is -2.53. The molecule has 2 aliphatic rings. The summed E-state index contributed by atoms with van der Waals surface area (Å²) in [6.07, 6.45) is 6.72. The van der Waals surface area contributed by atoms with Gasteiger partial charge < -0.3 is 5.32 Å². The monoisotopic (exact) mass is 350 g/mol. The minimum absolute atomic E-state index is 0.560. The number of benzene rings is 1. The molecular formula is C18H27BrN2. The van der Waals surface area contributed by atoms with Crippen molar-refractivity contribution in [3.8, 4) is 0 Å². The Kier molecular flexibility index (Phi) is 5.03. The number of halogens is 1. The van der Waals surface area contributed by atoms with Gasteiger partial charge >= 0.3 is 0 Å². The topological polar surface area (TPSA) is 15.3 Å². The highest BCUT2D eigenvalue weighted by Crippen LogP contribution is 2.36. The molecule has 2 nitrogen and oxygen atoms in total. The van der Waals surface area contributed by atoms with Crippen molar-refractivity contribution >= 4 is 15.9 Å². The first-order valence-electron chi connectivity index (χ1n) is 8.36. The van der Waals surface area contributed by atoms with Crippen LogP contribution in [-0.4, -0.2) is 37.1 Å². The molecule has 2 saturated heterocycles. The highest BCUT2D eigenvalue weighted by atomic mass is 79.9. The van der Waals surface area contributed by atoms with Gasteiger partial charge in [0, 0.05) is 23.6 Å². The van der Waals surface area contributed by atoms with E-state index in [0.717, 1.165) is 6.42 Å². The highest BCUT2D eigenvalue weighted by Gasteiger charge is 2.37. The molecule has 1 N–H and O–H groups in total. The van der Waals surface area contributed by atoms with Gasteiger partial charge in [0.2, 0.25) is 0 Å². The van der Waals surface area contributed by atoms with Crippen molar-refractivity contribution in [2.45, 2.75) is 45.1 Å². The van der Waals surface area contributed by atoms with Crippen LogP contribution in [0.4, 0.5) is 0 Å². The average Bonchev–Trinajstić information content (AvgIpc) is 2.50. The van der Waals surface area contributed by atoms with Crippen LogP contribution in [0.5, 0.6) is 0 Å². The second kappa shape index (κ2) is 6.80. The minimum Gasteiger partial charge on any atom is -0.316 e. The van der Waals surface area contributed by atoms with Crippen molar-refractivity contribution in [2.24, 2.45) is 5.41 Å². The van der Waals surface area contributed by atoms with Crippen LogP contribution in [-0.2, 0) is 6.42 Å². The van der Waals surface area contributed by atoms with Crippen LogP contribution in [0.3, 0.4) is 0 Å². The van der Waals surface area contributed by atoms with Gasteiger partial charge in [-0.25, -0.2) is 0 Å². The molecule has 0 amide bonds. The second-order valence-electron chi connectivity index (χ2n) is 7.03. The summed E-state index contributed by atoms with van der Waals surface area (Å²) >= 11 is 3.52. The van der Waals surface area contributed by atoms with E-state index in [4.69, 9.17) is 0 Å². The van der Waals surface area contributed by atoms with Crippen LogP contribution in [0, 0.1) is 5.41 Å². The van der Waals surface area contributed by atoms with Gasteiger partial charge in [-0.3, -0.25) is 4.90 Å². The lowest BCUT2D eigenvalue weighted by molar-refractivity contribution is 0.0420. The SMILES string of the molecule is CC(Cc1ccc(Br)cc1)N1CCCC2(CCCNC2)C1. The molecular weight excluding hydrogens is 324 g/mol. The fourth-order valence-corrected chi connectivity index (χ4v) is 4.36. The largest absolute Gasteiger partial charge is 0.316 e. The first kappa shape index (κ1) is 15.5. The van der Waals surface area contributed by atoms with E-state index >= 15 is 0 Å². The highest BCUT2D eigenvalue weighted by molar-refractivity contribution is 9.10. The Morgan fingerprint density at radius 3 is 2.71 bits per heavy atom. The third-order valence-corrected chi connectivity index (χ3v) is 5.85. The average molecular weight is 351 g/mol. The predicted octanol–water partition coefficient (Wildman–Crippen LogP) is 3.85. The maximum absolute atomic E-state index is 3.63. The molecule has 2 atom stereocenters. The summed E-state index contributed by atoms with van der Waals surface area (Å²) in [5.74, 6) is 0. The number of hydrogen-bond acceptors (Lipinski definition) is 2. The lowest BCUT2D eigenvalue weighted by Gasteiger charge is -2.47. The smallest absolute Gasteiger partial charge is 0.0175 e. The zero-order valence-corrected chi connectivity index (χ0v) is 14.7. The molecule has 3 heteroatoms. The van der Waals surface area contributed by atoms with E-state index in [1.807, 2.05) is 0 Å². The van der Waals surface area contributed by atoms with E-state index in [1.54, 1.807) is 0 Å². The first-order valence-corrected chi connectivity index (χ1v) is 9.15. The van der Waals surface area contributed by atoms with Gasteiger partial charge in [-0.05, 0) is 75.2 Å². The fraction of sp³-hybridized carbons (Fsp3) is 0.667. The maximum Gasteiger partial charge on any atom is 0.0175 e. The first-order chi connectivity index (χ1) is 10.2. The minimum atomic E-state index is 0.560. The van der Waals surface area contributed by atoms with Crippen molar-refractivity contribution in [3.05, 3.63) is 34.3 Å². The molecule has 21 heavy (non-hydrogen) atoms. The normalized spacial score (nSPS) is 28.7. The second-order valence-corrected chi connectivity index (χ2v) is 7.95. The van der Waals surface area contributed by atoms with E-state index in [9.17, 15) is 0 Å². The van der Waals surface area contributed by atoms with Gasteiger partial charge in [0.25, 0.3) is 0 Å². The van der Waals surface area contributed by atoms with E-state index in [0.29, 0.717) is 11.5 Å². The van der Waals surface area contributed by atoms with Crippen LogP contribution in [0.25, 0.3) is 0 Å². The summed E-state index contributed by atoms with van der Waals surface area (Å²) in [5, 5.41) is 3.63. The molecule has 2 heterocycles. The number of piperidine rings is 2. The number of nitrogens with zero attached hydrogens (tertiary/aromatic N) is 1. The third-order valence-electron chi connectivity index (χ3n) is 5.32. The summed E-state index contributed by atoms with van der Waals surface area (Å²) in [7, 11) is 0. The van der Waals surface area contributed by atoms with Gasteiger partial charge in [-0.2, -0.15) is 0 Å². The van der Waals surface area contributed by atoms with Gasteiger partial charge in [-0.1, -0.05) is 28.1 Å². The van der Waals surface area contributed by atoms with Crippen molar-refractivity contribution in [1.29, 1.82) is 0 Å². The van der Waals surface area contributed by atoms with E-state index in [-0.39, 0.29) is 0 Å². The molecule has 2 aliphatic heterocycles. The predicted molar refractivity (Wildman–Crippen MR) is 92.7 cm³/mol. The Bertz CT molecular complexity index is 445. The summed E-state index contributed by atoms with van der Waals surface area (Å²) in [6, 6.07) is 9.46. The molecule has 0 radical (unpaired) electrons. The Morgan fingerprint density at radius 1 is 1.24 bits per heavy atom. The molecule has 0 bridgehead atoms.